The molecule has 22 heavy (non-hydrogen) atoms. The van der Waals surface area contributed by atoms with Crippen molar-refractivity contribution in [1.82, 2.24) is 9.97 Å². The van der Waals surface area contributed by atoms with Gasteiger partial charge in [-0.15, -0.1) is 0 Å². The Morgan fingerprint density at radius 3 is 2.68 bits per heavy atom. The van der Waals surface area contributed by atoms with Gasteiger partial charge in [0.25, 0.3) is 0 Å². The first-order chi connectivity index (χ1) is 10.6. The fraction of sp³-hybridized carbons (Fsp3) is 0.688. The van der Waals surface area contributed by atoms with Gasteiger partial charge in [-0.3, -0.25) is 4.79 Å². The molecule has 0 saturated carbocycles. The molecule has 0 unspecified atom stereocenters. The first-order valence-corrected chi connectivity index (χ1v) is 8.18. The zero-order chi connectivity index (χ0) is 15.7. The lowest BCUT2D eigenvalue weighted by Crippen LogP contribution is -3.15. The molecule has 0 aromatic carbocycles. The highest BCUT2D eigenvalue weighted by atomic mass is 16.3. The number of piperazine rings is 1. The molecule has 2 N–H and O–H groups in total. The third-order valence-electron chi connectivity index (χ3n) is 4.73. The predicted octanol–water partition coefficient (Wildman–Crippen LogP) is -0.753. The molecule has 6 nitrogen and oxygen atoms in total. The van der Waals surface area contributed by atoms with Gasteiger partial charge in [0.1, 0.15) is 6.54 Å². The van der Waals surface area contributed by atoms with Gasteiger partial charge < -0.3 is 14.9 Å². The minimum Gasteiger partial charge on any atom is -0.391 e. The summed E-state index contributed by atoms with van der Waals surface area (Å²) in [6.45, 7) is 8.87. The van der Waals surface area contributed by atoms with Crippen molar-refractivity contribution in [2.45, 2.75) is 26.7 Å². The van der Waals surface area contributed by atoms with Crippen LogP contribution in [-0.4, -0.2) is 60.2 Å². The van der Waals surface area contributed by atoms with Gasteiger partial charge in [0.2, 0.25) is 5.95 Å². The summed E-state index contributed by atoms with van der Waals surface area (Å²) in [6, 6.07) is 0. The largest absolute Gasteiger partial charge is 0.391 e. The van der Waals surface area contributed by atoms with Crippen molar-refractivity contribution >= 4 is 11.7 Å². The number of carbonyl (C=O) groups excluding carboxylic acids is 1. The lowest BCUT2D eigenvalue weighted by molar-refractivity contribution is -0.900. The number of rotatable bonds is 3. The molecule has 0 spiro atoms. The molecule has 2 heterocycles. The quantitative estimate of drug-likeness (QED) is 0.769. The second-order valence-corrected chi connectivity index (χ2v) is 6.58. The van der Waals surface area contributed by atoms with Gasteiger partial charge in [-0.05, 0) is 19.3 Å². The molecule has 1 aliphatic carbocycles. The Morgan fingerprint density at radius 2 is 2.00 bits per heavy atom. The molecule has 3 rings (SSSR count). The van der Waals surface area contributed by atoms with Crippen LogP contribution in [0.3, 0.4) is 0 Å². The van der Waals surface area contributed by atoms with Crippen molar-refractivity contribution in [3.8, 4) is 0 Å². The zero-order valence-corrected chi connectivity index (χ0v) is 13.4. The van der Waals surface area contributed by atoms with E-state index >= 15 is 0 Å². The first-order valence-electron chi connectivity index (χ1n) is 8.18. The van der Waals surface area contributed by atoms with Gasteiger partial charge in [-0.1, -0.05) is 6.92 Å². The number of nitrogens with one attached hydrogen (secondary N) is 1. The Labute approximate surface area is 131 Å². The van der Waals surface area contributed by atoms with E-state index in [-0.39, 0.29) is 12.4 Å². The Morgan fingerprint density at radius 1 is 1.27 bits per heavy atom. The van der Waals surface area contributed by atoms with Gasteiger partial charge >= 0.3 is 0 Å². The zero-order valence-electron chi connectivity index (χ0n) is 13.4. The summed E-state index contributed by atoms with van der Waals surface area (Å²) >= 11 is 0. The number of aliphatic hydroxyl groups is 1. The third kappa shape index (κ3) is 2.98. The number of anilines is 1. The molecule has 1 fully saturated rings. The number of Topliss-reactive ketones (excluding diaryl/α,β-unsaturated/α-hetero) is 1. The maximum absolute atomic E-state index is 12.2. The second-order valence-electron chi connectivity index (χ2n) is 6.58. The minimum absolute atomic E-state index is 0.190. The van der Waals surface area contributed by atoms with E-state index < -0.39 is 0 Å². The summed E-state index contributed by atoms with van der Waals surface area (Å²) in [5.74, 6) is 1.32. The average molecular weight is 305 g/mol. The van der Waals surface area contributed by atoms with Gasteiger partial charge in [0.15, 0.2) is 5.78 Å². The number of quaternary nitrogens is 1. The molecule has 0 bridgehead atoms. The molecular formula is C16H25N4O2+. The first kappa shape index (κ1) is 15.4. The number of ketones is 1. The molecule has 1 saturated heterocycles. The molecule has 6 heteroatoms. The molecule has 1 aromatic heterocycles. The maximum atomic E-state index is 12.2. The molecule has 1 aliphatic heterocycles. The number of aryl methyl sites for hydroxylation is 1. The number of aliphatic hydroxyl groups excluding tert-OH is 1. The van der Waals surface area contributed by atoms with E-state index in [1.165, 1.54) is 4.90 Å². The van der Waals surface area contributed by atoms with E-state index in [4.69, 9.17) is 10.1 Å². The van der Waals surface area contributed by atoms with Crippen LogP contribution in [0.15, 0.2) is 0 Å². The van der Waals surface area contributed by atoms with Crippen molar-refractivity contribution in [3.05, 3.63) is 17.0 Å². The number of fused-ring (bicyclic) bond motifs is 1. The molecule has 0 radical (unpaired) electrons. The smallest absolute Gasteiger partial charge is 0.226 e. The number of hydrogen-bond acceptors (Lipinski definition) is 5. The van der Waals surface area contributed by atoms with Crippen LogP contribution in [0, 0.1) is 12.8 Å². The fourth-order valence-electron chi connectivity index (χ4n) is 3.52. The Balaban J connectivity index is 1.80. The van der Waals surface area contributed by atoms with E-state index in [1.807, 2.05) is 6.92 Å². The molecule has 1 atom stereocenters. The SMILES string of the molecule is Cc1nc(N2CC[NH+](CCO)CC2)nc2c1C(=O)C[C@@H](C)C2. The Kier molecular flexibility index (Phi) is 4.40. The summed E-state index contributed by atoms with van der Waals surface area (Å²) in [5.41, 5.74) is 2.50. The maximum Gasteiger partial charge on any atom is 0.226 e. The highest BCUT2D eigenvalue weighted by Gasteiger charge is 2.28. The van der Waals surface area contributed by atoms with Gasteiger partial charge in [0, 0.05) is 6.42 Å². The van der Waals surface area contributed by atoms with E-state index in [0.29, 0.717) is 12.3 Å². The lowest BCUT2D eigenvalue weighted by atomic mass is 9.86. The molecule has 120 valence electrons. The van der Waals surface area contributed by atoms with Crippen LogP contribution in [0.25, 0.3) is 0 Å². The van der Waals surface area contributed by atoms with Crippen LogP contribution < -0.4 is 9.80 Å². The van der Waals surface area contributed by atoms with Crippen LogP contribution in [0.4, 0.5) is 5.95 Å². The summed E-state index contributed by atoms with van der Waals surface area (Å²) in [7, 11) is 0. The number of aromatic nitrogens is 2. The molecule has 1 aromatic rings. The summed E-state index contributed by atoms with van der Waals surface area (Å²) in [4.78, 5) is 25.1. The van der Waals surface area contributed by atoms with Crippen LogP contribution in [0.5, 0.6) is 0 Å². The van der Waals surface area contributed by atoms with Gasteiger partial charge in [-0.25, -0.2) is 9.97 Å². The van der Waals surface area contributed by atoms with E-state index in [0.717, 1.165) is 62.0 Å². The van der Waals surface area contributed by atoms with Crippen molar-refractivity contribution < 1.29 is 14.8 Å². The van der Waals surface area contributed by atoms with Crippen LogP contribution >= 0.6 is 0 Å². The minimum atomic E-state index is 0.190. The third-order valence-corrected chi connectivity index (χ3v) is 4.73. The summed E-state index contributed by atoms with van der Waals surface area (Å²) in [6.07, 6.45) is 1.48. The topological polar surface area (TPSA) is 70.8 Å². The van der Waals surface area contributed by atoms with Crippen LogP contribution in [0.1, 0.15) is 35.1 Å². The lowest BCUT2D eigenvalue weighted by Gasteiger charge is -2.32. The van der Waals surface area contributed by atoms with E-state index in [2.05, 4.69) is 16.8 Å². The number of carbonyl (C=O) groups is 1. The highest BCUT2D eigenvalue weighted by Crippen LogP contribution is 2.27. The van der Waals surface area contributed by atoms with Gasteiger partial charge in [-0.2, -0.15) is 0 Å². The van der Waals surface area contributed by atoms with Gasteiger partial charge in [0.05, 0.1) is 49.7 Å². The van der Waals surface area contributed by atoms with Crippen LogP contribution in [0.2, 0.25) is 0 Å². The van der Waals surface area contributed by atoms with Crippen LogP contribution in [-0.2, 0) is 6.42 Å². The molecule has 2 aliphatic rings. The second kappa shape index (κ2) is 6.30. The number of nitrogens with zero attached hydrogens (tertiary/aromatic N) is 3. The standard InChI is InChI=1S/C16H24N4O2/c1-11-9-13-15(14(22)10-11)12(2)17-16(18-13)20-5-3-19(4-6-20)7-8-21/h11,21H,3-10H2,1-2H3/p+1/t11-/m0/s1. The monoisotopic (exact) mass is 305 g/mol. The van der Waals surface area contributed by atoms with Crippen molar-refractivity contribution in [2.75, 3.05) is 44.2 Å². The summed E-state index contributed by atoms with van der Waals surface area (Å²) in [5, 5.41) is 9.03. The van der Waals surface area contributed by atoms with E-state index in [9.17, 15) is 4.79 Å². The molecule has 0 amide bonds. The van der Waals surface area contributed by atoms with Crippen molar-refractivity contribution in [2.24, 2.45) is 5.92 Å². The normalized spacial score (nSPS) is 22.8. The van der Waals surface area contributed by atoms with Crippen molar-refractivity contribution in [3.63, 3.8) is 0 Å². The van der Waals surface area contributed by atoms with E-state index in [1.54, 1.807) is 0 Å². The van der Waals surface area contributed by atoms with Crippen molar-refractivity contribution in [1.29, 1.82) is 0 Å². The summed E-state index contributed by atoms with van der Waals surface area (Å²) < 4.78 is 0. The molecular weight excluding hydrogens is 280 g/mol. The highest BCUT2D eigenvalue weighted by molar-refractivity contribution is 5.99. The Hall–Kier alpha value is -1.53. The number of hydrogen-bond donors (Lipinski definition) is 2. The average Bonchev–Trinajstić information content (AvgIpc) is 2.47. The Bertz CT molecular complexity index is 568. The fourth-order valence-corrected chi connectivity index (χ4v) is 3.52. The predicted molar refractivity (Wildman–Crippen MR) is 83.4 cm³/mol.